The van der Waals surface area contributed by atoms with Crippen molar-refractivity contribution in [2.45, 2.75) is 45.1 Å². The molecule has 0 bridgehead atoms. The molecule has 2 unspecified atom stereocenters. The molecule has 5 nitrogen and oxygen atoms in total. The lowest BCUT2D eigenvalue weighted by atomic mass is 9.97. The van der Waals surface area contributed by atoms with E-state index in [-0.39, 0.29) is 11.9 Å². The highest BCUT2D eigenvalue weighted by Gasteiger charge is 2.38. The Morgan fingerprint density at radius 1 is 1.33 bits per heavy atom. The third-order valence-electron chi connectivity index (χ3n) is 4.02. The van der Waals surface area contributed by atoms with Crippen LogP contribution in [0.1, 0.15) is 39.0 Å². The number of carbonyl (C=O) groups is 2. The quantitative estimate of drug-likeness (QED) is 0.802. The smallest absolute Gasteiger partial charge is 0.317 e. The molecule has 2 aliphatic rings. The molecule has 2 fully saturated rings. The molecule has 1 aliphatic carbocycles. The Morgan fingerprint density at radius 2 is 2.00 bits per heavy atom. The van der Waals surface area contributed by atoms with E-state index in [1.54, 1.807) is 4.90 Å². The molecule has 1 saturated heterocycles. The fourth-order valence-corrected chi connectivity index (χ4v) is 2.69. The Morgan fingerprint density at radius 3 is 2.56 bits per heavy atom. The minimum atomic E-state index is -0.736. The van der Waals surface area contributed by atoms with Gasteiger partial charge in [0.2, 0.25) is 0 Å². The summed E-state index contributed by atoms with van der Waals surface area (Å²) in [4.78, 5) is 24.5. The van der Waals surface area contributed by atoms with Crippen LogP contribution in [0.3, 0.4) is 0 Å². The van der Waals surface area contributed by atoms with Crippen LogP contribution in [0.15, 0.2) is 0 Å². The molecule has 102 valence electrons. The summed E-state index contributed by atoms with van der Waals surface area (Å²) in [5.74, 6) is -0.349. The number of hydrogen-bond donors (Lipinski definition) is 2. The number of hydrogen-bond acceptors (Lipinski definition) is 2. The predicted octanol–water partition coefficient (Wildman–Crippen LogP) is 1.68. The fraction of sp³-hybridized carbons (Fsp3) is 0.846. The second-order valence-corrected chi connectivity index (χ2v) is 5.44. The van der Waals surface area contributed by atoms with E-state index in [1.807, 2.05) is 0 Å². The monoisotopic (exact) mass is 254 g/mol. The van der Waals surface area contributed by atoms with Gasteiger partial charge in [-0.2, -0.15) is 0 Å². The predicted molar refractivity (Wildman–Crippen MR) is 67.3 cm³/mol. The standard InChI is InChI=1S/C13H22N2O3/c1-2-3-10-8-11(10)14-13(18)15-6-4-9(5-7-15)12(16)17/h9-11H,2-8H2,1H3,(H,14,18)(H,16,17). The molecule has 1 aliphatic heterocycles. The van der Waals surface area contributed by atoms with Gasteiger partial charge in [-0.05, 0) is 31.6 Å². The topological polar surface area (TPSA) is 69.6 Å². The maximum absolute atomic E-state index is 11.9. The van der Waals surface area contributed by atoms with Crippen molar-refractivity contribution in [2.75, 3.05) is 13.1 Å². The third kappa shape index (κ3) is 3.15. The Balaban J connectivity index is 1.70. The van der Waals surface area contributed by atoms with Crippen molar-refractivity contribution in [3.63, 3.8) is 0 Å². The molecule has 1 heterocycles. The van der Waals surface area contributed by atoms with Crippen molar-refractivity contribution in [3.05, 3.63) is 0 Å². The highest BCUT2D eigenvalue weighted by atomic mass is 16.4. The van der Waals surface area contributed by atoms with Crippen LogP contribution in [-0.2, 0) is 4.79 Å². The van der Waals surface area contributed by atoms with Gasteiger partial charge in [-0.15, -0.1) is 0 Å². The minimum Gasteiger partial charge on any atom is -0.481 e. The van der Waals surface area contributed by atoms with Crippen LogP contribution < -0.4 is 5.32 Å². The van der Waals surface area contributed by atoms with Crippen LogP contribution in [0.5, 0.6) is 0 Å². The first-order chi connectivity index (χ1) is 8.61. The summed E-state index contributed by atoms with van der Waals surface area (Å²) >= 11 is 0. The Kier molecular flexibility index (Phi) is 4.09. The number of piperidine rings is 1. The van der Waals surface area contributed by atoms with Crippen molar-refractivity contribution in [2.24, 2.45) is 11.8 Å². The number of urea groups is 1. The summed E-state index contributed by atoms with van der Waals surface area (Å²) in [7, 11) is 0. The van der Waals surface area contributed by atoms with Crippen molar-refractivity contribution in [1.29, 1.82) is 0 Å². The molecular weight excluding hydrogens is 232 g/mol. The Labute approximate surface area is 108 Å². The molecule has 0 spiro atoms. The first-order valence-corrected chi connectivity index (χ1v) is 6.90. The first-order valence-electron chi connectivity index (χ1n) is 6.90. The lowest BCUT2D eigenvalue weighted by Crippen LogP contribution is -2.46. The number of aliphatic carboxylic acids is 1. The highest BCUT2D eigenvalue weighted by Crippen LogP contribution is 2.34. The largest absolute Gasteiger partial charge is 0.481 e. The molecule has 0 aromatic heterocycles. The summed E-state index contributed by atoms with van der Waals surface area (Å²) in [6.45, 7) is 3.29. The average Bonchev–Trinajstić information content (AvgIpc) is 3.08. The number of carboxylic acid groups (broad SMARTS) is 1. The van der Waals surface area contributed by atoms with E-state index in [0.29, 0.717) is 37.9 Å². The van der Waals surface area contributed by atoms with Crippen LogP contribution in [0.2, 0.25) is 0 Å². The molecule has 0 radical (unpaired) electrons. The van der Waals surface area contributed by atoms with E-state index < -0.39 is 5.97 Å². The lowest BCUT2D eigenvalue weighted by Gasteiger charge is -2.30. The number of rotatable bonds is 4. The van der Waals surface area contributed by atoms with Gasteiger partial charge in [-0.3, -0.25) is 4.79 Å². The zero-order chi connectivity index (χ0) is 13.1. The maximum atomic E-state index is 11.9. The zero-order valence-corrected chi connectivity index (χ0v) is 10.9. The van der Waals surface area contributed by atoms with Crippen LogP contribution in [0.4, 0.5) is 4.79 Å². The summed E-state index contributed by atoms with van der Waals surface area (Å²) in [6.07, 6.45) is 4.61. The van der Waals surface area contributed by atoms with Crippen LogP contribution >= 0.6 is 0 Å². The molecule has 0 aromatic rings. The van der Waals surface area contributed by atoms with E-state index in [2.05, 4.69) is 12.2 Å². The SMILES string of the molecule is CCCC1CC1NC(=O)N1CCC(C(=O)O)CC1. The molecule has 5 heteroatoms. The van der Waals surface area contributed by atoms with Gasteiger partial charge in [0.05, 0.1) is 5.92 Å². The second-order valence-electron chi connectivity index (χ2n) is 5.44. The molecule has 2 rings (SSSR count). The molecular formula is C13H22N2O3. The highest BCUT2D eigenvalue weighted by molar-refractivity contribution is 5.76. The summed E-state index contributed by atoms with van der Waals surface area (Å²) in [6, 6.07) is 0.345. The number of likely N-dealkylation sites (tertiary alicyclic amines) is 1. The second kappa shape index (κ2) is 5.59. The minimum absolute atomic E-state index is 0.0116. The molecule has 2 atom stereocenters. The normalized spacial score (nSPS) is 27.9. The van der Waals surface area contributed by atoms with Crippen molar-refractivity contribution >= 4 is 12.0 Å². The summed E-state index contributed by atoms with van der Waals surface area (Å²) < 4.78 is 0. The van der Waals surface area contributed by atoms with Crippen molar-refractivity contribution < 1.29 is 14.7 Å². The number of nitrogens with one attached hydrogen (secondary N) is 1. The van der Waals surface area contributed by atoms with Gasteiger partial charge < -0.3 is 15.3 Å². The molecule has 0 aromatic carbocycles. The van der Waals surface area contributed by atoms with Crippen LogP contribution in [-0.4, -0.2) is 41.1 Å². The Hall–Kier alpha value is -1.26. The van der Waals surface area contributed by atoms with Gasteiger partial charge >= 0.3 is 12.0 Å². The van der Waals surface area contributed by atoms with E-state index in [0.717, 1.165) is 6.42 Å². The molecule has 1 saturated carbocycles. The van der Waals surface area contributed by atoms with Crippen LogP contribution in [0.25, 0.3) is 0 Å². The first kappa shape index (κ1) is 13.2. The van der Waals surface area contributed by atoms with Gasteiger partial charge in [-0.1, -0.05) is 13.3 Å². The molecule has 2 amide bonds. The van der Waals surface area contributed by atoms with Gasteiger partial charge in [0.25, 0.3) is 0 Å². The van der Waals surface area contributed by atoms with Gasteiger partial charge in [0.15, 0.2) is 0 Å². The lowest BCUT2D eigenvalue weighted by molar-refractivity contribution is -0.143. The van der Waals surface area contributed by atoms with Crippen molar-refractivity contribution in [3.8, 4) is 0 Å². The number of nitrogens with zero attached hydrogens (tertiary/aromatic N) is 1. The zero-order valence-electron chi connectivity index (χ0n) is 10.9. The summed E-state index contributed by atoms with van der Waals surface area (Å²) in [5, 5.41) is 11.9. The molecule has 18 heavy (non-hydrogen) atoms. The summed E-state index contributed by atoms with van der Waals surface area (Å²) in [5.41, 5.74) is 0. The fourth-order valence-electron chi connectivity index (χ4n) is 2.69. The third-order valence-corrected chi connectivity index (χ3v) is 4.02. The number of carboxylic acids is 1. The maximum Gasteiger partial charge on any atom is 0.317 e. The van der Waals surface area contributed by atoms with E-state index in [9.17, 15) is 9.59 Å². The van der Waals surface area contributed by atoms with E-state index in [1.165, 1.54) is 12.8 Å². The van der Waals surface area contributed by atoms with Crippen LogP contribution in [0, 0.1) is 11.8 Å². The van der Waals surface area contributed by atoms with E-state index in [4.69, 9.17) is 5.11 Å². The number of amides is 2. The number of carbonyl (C=O) groups excluding carboxylic acids is 1. The van der Waals surface area contributed by atoms with Gasteiger partial charge in [-0.25, -0.2) is 4.79 Å². The Bertz CT molecular complexity index is 324. The van der Waals surface area contributed by atoms with Gasteiger partial charge in [0, 0.05) is 19.1 Å². The van der Waals surface area contributed by atoms with Gasteiger partial charge in [0.1, 0.15) is 0 Å². The van der Waals surface area contributed by atoms with E-state index >= 15 is 0 Å². The average molecular weight is 254 g/mol. The molecule has 2 N–H and O–H groups in total. The van der Waals surface area contributed by atoms with Crippen molar-refractivity contribution in [1.82, 2.24) is 10.2 Å².